The average molecular weight is 368 g/mol. The summed E-state index contributed by atoms with van der Waals surface area (Å²) >= 11 is 0. The molecule has 0 spiro atoms. The van der Waals surface area contributed by atoms with Gasteiger partial charge in [0.2, 0.25) is 0 Å². The second-order valence-corrected chi connectivity index (χ2v) is 5.57. The molecule has 0 aliphatic carbocycles. The third-order valence-electron chi connectivity index (χ3n) is 3.79. The van der Waals surface area contributed by atoms with Crippen molar-refractivity contribution in [3.63, 3.8) is 0 Å². The molecule has 0 heterocycles. The molecule has 3 rings (SSSR count). The molecule has 0 bridgehead atoms. The molecule has 0 aliphatic rings. The van der Waals surface area contributed by atoms with Gasteiger partial charge in [-0.2, -0.15) is 13.2 Å². The van der Waals surface area contributed by atoms with Crippen LogP contribution in [-0.2, 0) is 0 Å². The van der Waals surface area contributed by atoms with Gasteiger partial charge in [0, 0.05) is 5.39 Å². The molecule has 7 heteroatoms. The molecular formula is C19H13F5O2. The summed E-state index contributed by atoms with van der Waals surface area (Å²) in [6.07, 6.45) is -4.69. The van der Waals surface area contributed by atoms with E-state index >= 15 is 0 Å². The van der Waals surface area contributed by atoms with Crippen molar-refractivity contribution in [2.24, 2.45) is 0 Å². The number of hydrogen-bond acceptors (Lipinski definition) is 2. The highest BCUT2D eigenvalue weighted by molar-refractivity contribution is 5.89. The van der Waals surface area contributed by atoms with Crippen molar-refractivity contribution >= 4 is 10.8 Å². The maximum absolute atomic E-state index is 14.4. The number of ether oxygens (including phenoxy) is 2. The average Bonchev–Trinajstić information content (AvgIpc) is 2.60. The van der Waals surface area contributed by atoms with Crippen molar-refractivity contribution < 1.29 is 31.4 Å². The van der Waals surface area contributed by atoms with Gasteiger partial charge >= 0.3 is 6.18 Å². The summed E-state index contributed by atoms with van der Waals surface area (Å²) in [6, 6.07) is 12.5. The van der Waals surface area contributed by atoms with E-state index in [4.69, 9.17) is 4.74 Å². The van der Waals surface area contributed by atoms with Gasteiger partial charge < -0.3 is 9.47 Å². The highest BCUT2D eigenvalue weighted by Gasteiger charge is 2.30. The van der Waals surface area contributed by atoms with Crippen LogP contribution >= 0.6 is 0 Å². The number of methoxy groups -OCH3 is 1. The topological polar surface area (TPSA) is 18.5 Å². The number of alkyl halides is 3. The predicted octanol–water partition coefficient (Wildman–Crippen LogP) is 5.73. The summed E-state index contributed by atoms with van der Waals surface area (Å²) in [5.41, 5.74) is 1.49. The monoisotopic (exact) mass is 368 g/mol. The summed E-state index contributed by atoms with van der Waals surface area (Å²) in [6.45, 7) is -1.77. The van der Waals surface area contributed by atoms with Crippen molar-refractivity contribution in [1.82, 2.24) is 0 Å². The van der Waals surface area contributed by atoms with Gasteiger partial charge in [0.25, 0.3) is 0 Å². The number of fused-ring (bicyclic) bond motifs is 1. The Labute approximate surface area is 145 Å². The third-order valence-corrected chi connectivity index (χ3v) is 3.79. The molecule has 0 saturated carbocycles. The lowest BCUT2D eigenvalue weighted by Crippen LogP contribution is -2.20. The van der Waals surface area contributed by atoms with Crippen LogP contribution in [0.5, 0.6) is 11.5 Å². The minimum absolute atomic E-state index is 0.0270. The molecule has 136 valence electrons. The van der Waals surface area contributed by atoms with E-state index in [-0.39, 0.29) is 10.8 Å². The molecule has 26 heavy (non-hydrogen) atoms. The molecule has 2 nitrogen and oxygen atoms in total. The Morgan fingerprint density at radius 3 is 2.15 bits per heavy atom. The summed E-state index contributed by atoms with van der Waals surface area (Å²) in [4.78, 5) is 0. The second kappa shape index (κ2) is 6.82. The van der Waals surface area contributed by atoms with Crippen LogP contribution in [-0.4, -0.2) is 19.9 Å². The number of halogens is 5. The van der Waals surface area contributed by atoms with Crippen LogP contribution in [0.1, 0.15) is 0 Å². The Hall–Kier alpha value is -2.83. The Morgan fingerprint density at radius 1 is 0.885 bits per heavy atom. The molecule has 0 aromatic heterocycles. The molecular weight excluding hydrogens is 355 g/mol. The van der Waals surface area contributed by atoms with Crippen LogP contribution in [0.3, 0.4) is 0 Å². The van der Waals surface area contributed by atoms with E-state index in [1.807, 2.05) is 0 Å². The van der Waals surface area contributed by atoms with Crippen LogP contribution in [0.4, 0.5) is 22.0 Å². The van der Waals surface area contributed by atoms with Gasteiger partial charge in [-0.25, -0.2) is 8.78 Å². The van der Waals surface area contributed by atoms with Crippen LogP contribution in [0.25, 0.3) is 21.9 Å². The summed E-state index contributed by atoms with van der Waals surface area (Å²) < 4.78 is 74.5. The van der Waals surface area contributed by atoms with Gasteiger partial charge in [-0.1, -0.05) is 24.3 Å². The fourth-order valence-corrected chi connectivity index (χ4v) is 2.56. The fourth-order valence-electron chi connectivity index (χ4n) is 2.56. The SMILES string of the molecule is COc1ccc(-c2ccc3c(F)c(OCC(F)(F)F)c(F)cc3c2)cc1. The molecule has 0 aliphatic heterocycles. The largest absolute Gasteiger partial charge is 0.497 e. The molecule has 0 radical (unpaired) electrons. The first kappa shape index (κ1) is 18.0. The van der Waals surface area contributed by atoms with Crippen molar-refractivity contribution in [3.8, 4) is 22.6 Å². The maximum Gasteiger partial charge on any atom is 0.422 e. The lowest BCUT2D eigenvalue weighted by atomic mass is 10.0. The van der Waals surface area contributed by atoms with E-state index in [1.165, 1.54) is 13.2 Å². The lowest BCUT2D eigenvalue weighted by molar-refractivity contribution is -0.154. The lowest BCUT2D eigenvalue weighted by Gasteiger charge is -2.13. The normalized spacial score (nSPS) is 11.6. The van der Waals surface area contributed by atoms with E-state index in [9.17, 15) is 22.0 Å². The number of rotatable bonds is 4. The predicted molar refractivity (Wildman–Crippen MR) is 87.4 cm³/mol. The zero-order chi connectivity index (χ0) is 18.9. The minimum Gasteiger partial charge on any atom is -0.497 e. The fraction of sp³-hybridized carbons (Fsp3) is 0.158. The van der Waals surface area contributed by atoms with E-state index < -0.39 is 30.2 Å². The van der Waals surface area contributed by atoms with Crippen LogP contribution in [0.2, 0.25) is 0 Å². The Balaban J connectivity index is 2.00. The molecule has 0 saturated heterocycles. The van der Waals surface area contributed by atoms with Crippen LogP contribution < -0.4 is 9.47 Å². The summed E-state index contributed by atoms with van der Waals surface area (Å²) in [5, 5.41) is 0.188. The molecule has 0 atom stereocenters. The highest BCUT2D eigenvalue weighted by Crippen LogP contribution is 2.33. The Morgan fingerprint density at radius 2 is 1.54 bits per heavy atom. The number of hydrogen-bond donors (Lipinski definition) is 0. The van der Waals surface area contributed by atoms with Crippen molar-refractivity contribution in [3.05, 3.63) is 60.2 Å². The molecule has 0 unspecified atom stereocenters. The van der Waals surface area contributed by atoms with Gasteiger partial charge in [0.1, 0.15) is 5.75 Å². The zero-order valence-corrected chi connectivity index (χ0v) is 13.5. The molecule has 3 aromatic carbocycles. The Kier molecular flexibility index (Phi) is 4.71. The summed E-state index contributed by atoms with van der Waals surface area (Å²) in [7, 11) is 1.54. The van der Waals surface area contributed by atoms with Gasteiger partial charge in [-0.05, 0) is 40.8 Å². The van der Waals surface area contributed by atoms with Crippen molar-refractivity contribution in [2.45, 2.75) is 6.18 Å². The first-order valence-corrected chi connectivity index (χ1v) is 7.54. The quantitative estimate of drug-likeness (QED) is 0.547. The maximum atomic E-state index is 14.4. The third kappa shape index (κ3) is 3.71. The second-order valence-electron chi connectivity index (χ2n) is 5.57. The van der Waals surface area contributed by atoms with E-state index in [0.29, 0.717) is 11.3 Å². The van der Waals surface area contributed by atoms with Crippen molar-refractivity contribution in [2.75, 3.05) is 13.7 Å². The summed E-state index contributed by atoms with van der Waals surface area (Å²) in [5.74, 6) is -2.72. The number of benzene rings is 3. The molecule has 3 aromatic rings. The van der Waals surface area contributed by atoms with Crippen LogP contribution in [0, 0.1) is 11.6 Å². The van der Waals surface area contributed by atoms with E-state index in [0.717, 1.165) is 11.6 Å². The van der Waals surface area contributed by atoms with Gasteiger partial charge in [0.05, 0.1) is 7.11 Å². The van der Waals surface area contributed by atoms with Crippen LogP contribution in [0.15, 0.2) is 48.5 Å². The van der Waals surface area contributed by atoms with Gasteiger partial charge in [-0.15, -0.1) is 0 Å². The zero-order valence-electron chi connectivity index (χ0n) is 13.5. The minimum atomic E-state index is -4.69. The highest BCUT2D eigenvalue weighted by atomic mass is 19.4. The molecule has 0 amide bonds. The first-order chi connectivity index (χ1) is 12.3. The standard InChI is InChI=1S/C19H13F5O2/c1-25-14-5-2-11(3-6-14)12-4-7-15-13(8-12)9-16(20)18(17(15)21)26-10-19(22,23)24/h2-9H,10H2,1H3. The van der Waals surface area contributed by atoms with Crippen molar-refractivity contribution in [1.29, 1.82) is 0 Å². The molecule has 0 N–H and O–H groups in total. The first-order valence-electron chi connectivity index (χ1n) is 7.54. The van der Waals surface area contributed by atoms with Gasteiger partial charge in [0.15, 0.2) is 24.0 Å². The molecule has 0 fully saturated rings. The van der Waals surface area contributed by atoms with E-state index in [1.54, 1.807) is 36.4 Å². The smallest absolute Gasteiger partial charge is 0.422 e. The van der Waals surface area contributed by atoms with Gasteiger partial charge in [-0.3, -0.25) is 0 Å². The Bertz CT molecular complexity index is 933. The van der Waals surface area contributed by atoms with E-state index in [2.05, 4.69) is 4.74 Å².